The highest BCUT2D eigenvalue weighted by Gasteiger charge is 2.25. The van der Waals surface area contributed by atoms with Crippen molar-refractivity contribution in [3.8, 4) is 0 Å². The minimum atomic E-state index is -0.778. The Hall–Kier alpha value is -0.390. The van der Waals surface area contributed by atoms with Crippen LogP contribution in [0.1, 0.15) is 79.9 Å². The summed E-state index contributed by atoms with van der Waals surface area (Å²) in [6, 6.07) is 0. The van der Waals surface area contributed by atoms with Crippen molar-refractivity contribution in [2.24, 2.45) is 0 Å². The van der Waals surface area contributed by atoms with Crippen molar-refractivity contribution < 1.29 is 9.90 Å². The summed E-state index contributed by atoms with van der Waals surface area (Å²) < 4.78 is 3.31. The fraction of sp³-hybridized carbons (Fsp3) is 0.588. The normalized spacial score (nSPS) is 12.9. The maximum Gasteiger partial charge on any atom is 0.346 e. The zero-order chi connectivity index (χ0) is 16.1. The van der Waals surface area contributed by atoms with Crippen LogP contribution in [0.3, 0.4) is 0 Å². The van der Waals surface area contributed by atoms with E-state index < -0.39 is 5.97 Å². The Balaban J connectivity index is 2.21. The molecule has 2 rings (SSSR count). The molecule has 2 heterocycles. The van der Waals surface area contributed by atoms with Crippen LogP contribution in [0.4, 0.5) is 0 Å². The molecule has 0 bridgehead atoms. The largest absolute Gasteiger partial charge is 0.477 e. The van der Waals surface area contributed by atoms with Crippen molar-refractivity contribution in [2.45, 2.75) is 64.7 Å². The smallest absolute Gasteiger partial charge is 0.346 e. The topological polar surface area (TPSA) is 37.3 Å². The number of rotatable bonds is 9. The van der Waals surface area contributed by atoms with Crippen LogP contribution in [0, 0.1) is 0 Å². The van der Waals surface area contributed by atoms with Crippen LogP contribution in [0.15, 0.2) is 9.85 Å². The van der Waals surface area contributed by atoms with E-state index in [2.05, 4.69) is 35.2 Å². The lowest BCUT2D eigenvalue weighted by atomic mass is 9.90. The van der Waals surface area contributed by atoms with Crippen molar-refractivity contribution in [2.75, 3.05) is 0 Å². The number of thiophene rings is 2. The molecule has 5 heteroatoms. The minimum absolute atomic E-state index is 0.368. The van der Waals surface area contributed by atoms with Crippen LogP contribution in [-0.4, -0.2) is 11.1 Å². The quantitative estimate of drug-likeness (QED) is 0.447. The van der Waals surface area contributed by atoms with Crippen molar-refractivity contribution in [1.29, 1.82) is 0 Å². The Morgan fingerprint density at radius 3 is 2.59 bits per heavy atom. The number of unbranched alkanes of at least 4 members (excludes halogenated alkanes) is 4. The Bertz CT molecular complexity index is 630. The van der Waals surface area contributed by atoms with Gasteiger partial charge in [-0.15, -0.1) is 22.7 Å². The molecule has 2 aromatic heterocycles. The van der Waals surface area contributed by atoms with Gasteiger partial charge in [0, 0.05) is 9.85 Å². The molecule has 0 amide bonds. The second-order valence-corrected chi connectivity index (χ2v) is 8.45. The number of carboxylic acids is 1. The van der Waals surface area contributed by atoms with E-state index in [1.54, 1.807) is 11.3 Å². The molecule has 0 aliphatic rings. The molecule has 0 fully saturated rings. The summed E-state index contributed by atoms with van der Waals surface area (Å²) in [6.45, 7) is 4.40. The average Bonchev–Trinajstić information content (AvgIpc) is 3.04. The van der Waals surface area contributed by atoms with Crippen molar-refractivity contribution in [3.05, 3.63) is 20.3 Å². The molecular weight excluding hydrogens is 380 g/mol. The average molecular weight is 403 g/mol. The summed E-state index contributed by atoms with van der Waals surface area (Å²) in [5.41, 5.74) is 1.08. The zero-order valence-corrected chi connectivity index (χ0v) is 16.4. The highest BCUT2D eigenvalue weighted by atomic mass is 79.9. The Kier molecular flexibility index (Phi) is 6.90. The monoisotopic (exact) mass is 402 g/mol. The molecule has 0 saturated heterocycles. The zero-order valence-electron chi connectivity index (χ0n) is 13.2. The van der Waals surface area contributed by atoms with E-state index in [1.165, 1.54) is 48.1 Å². The van der Waals surface area contributed by atoms with Gasteiger partial charge >= 0.3 is 5.97 Å². The van der Waals surface area contributed by atoms with Gasteiger partial charge in [0.1, 0.15) is 4.88 Å². The van der Waals surface area contributed by atoms with Crippen molar-refractivity contribution in [1.82, 2.24) is 0 Å². The number of carboxylic acid groups (broad SMARTS) is 1. The number of carbonyl (C=O) groups is 1. The van der Waals surface area contributed by atoms with E-state index in [0.29, 0.717) is 10.8 Å². The third-order valence-electron chi connectivity index (χ3n) is 4.15. The predicted molar refractivity (Wildman–Crippen MR) is 101 cm³/mol. The van der Waals surface area contributed by atoms with Crippen LogP contribution in [0.2, 0.25) is 0 Å². The molecule has 0 aromatic carbocycles. The summed E-state index contributed by atoms with van der Waals surface area (Å²) >= 11 is 6.63. The molecule has 1 N–H and O–H groups in total. The van der Waals surface area contributed by atoms with Crippen LogP contribution >= 0.6 is 38.6 Å². The molecule has 1 atom stereocenters. The van der Waals surface area contributed by atoms with Gasteiger partial charge in [-0.2, -0.15) is 0 Å². The number of aromatic carboxylic acids is 1. The third kappa shape index (κ3) is 3.92. The predicted octanol–water partition coefficient (Wildman–Crippen LogP) is 7.28. The highest BCUT2D eigenvalue weighted by molar-refractivity contribution is 9.10. The van der Waals surface area contributed by atoms with Crippen LogP contribution in [0.5, 0.6) is 0 Å². The summed E-state index contributed by atoms with van der Waals surface area (Å²) in [5, 5.41) is 11.6. The second kappa shape index (κ2) is 8.46. The summed E-state index contributed by atoms with van der Waals surface area (Å²) in [5.74, 6) is -0.410. The summed E-state index contributed by atoms with van der Waals surface area (Å²) in [6.07, 6.45) is 8.42. The van der Waals surface area contributed by atoms with E-state index >= 15 is 0 Å². The molecule has 0 aliphatic carbocycles. The summed E-state index contributed by atoms with van der Waals surface area (Å²) in [7, 11) is 0. The first-order valence-electron chi connectivity index (χ1n) is 8.02. The minimum Gasteiger partial charge on any atom is -0.477 e. The van der Waals surface area contributed by atoms with Gasteiger partial charge in [0.05, 0.1) is 9.40 Å². The lowest BCUT2D eigenvalue weighted by molar-refractivity contribution is 0.0700. The number of halogens is 1. The van der Waals surface area contributed by atoms with E-state index in [1.807, 2.05) is 0 Å². The van der Waals surface area contributed by atoms with Gasteiger partial charge < -0.3 is 5.11 Å². The molecule has 0 radical (unpaired) electrons. The maximum absolute atomic E-state index is 11.6. The first-order chi connectivity index (χ1) is 10.6. The van der Waals surface area contributed by atoms with Crippen LogP contribution in [0.25, 0.3) is 9.40 Å². The van der Waals surface area contributed by atoms with E-state index in [0.717, 1.165) is 27.6 Å². The number of fused-ring (bicyclic) bond motifs is 1. The van der Waals surface area contributed by atoms with Gasteiger partial charge in [-0.3, -0.25) is 0 Å². The molecule has 2 aromatic rings. The van der Waals surface area contributed by atoms with E-state index in [4.69, 9.17) is 0 Å². The van der Waals surface area contributed by atoms with Crippen molar-refractivity contribution >= 4 is 54.0 Å². The first-order valence-corrected chi connectivity index (χ1v) is 10.5. The molecule has 122 valence electrons. The number of hydrogen-bond donors (Lipinski definition) is 1. The molecule has 2 nitrogen and oxygen atoms in total. The Morgan fingerprint density at radius 2 is 1.95 bits per heavy atom. The van der Waals surface area contributed by atoms with Gasteiger partial charge in [-0.05, 0) is 40.3 Å². The second-order valence-electron chi connectivity index (χ2n) is 5.70. The van der Waals surface area contributed by atoms with E-state index in [-0.39, 0.29) is 0 Å². The highest BCUT2D eigenvalue weighted by Crippen LogP contribution is 2.45. The van der Waals surface area contributed by atoms with Crippen molar-refractivity contribution in [3.63, 3.8) is 0 Å². The molecule has 22 heavy (non-hydrogen) atoms. The summed E-state index contributed by atoms with van der Waals surface area (Å²) in [4.78, 5) is 12.2. The van der Waals surface area contributed by atoms with E-state index in [9.17, 15) is 9.90 Å². The Labute approximate surface area is 148 Å². The molecule has 0 aliphatic heterocycles. The fourth-order valence-electron chi connectivity index (χ4n) is 2.94. The molecule has 0 saturated carbocycles. The fourth-order valence-corrected chi connectivity index (χ4v) is 6.19. The first kappa shape index (κ1) is 18.0. The molecule has 1 unspecified atom stereocenters. The van der Waals surface area contributed by atoms with Gasteiger partial charge in [-0.25, -0.2) is 4.79 Å². The SMILES string of the molecule is CCCCCCCC(CC)c1c(C(=O)O)sc2c(Br)csc12. The molecule has 0 spiro atoms. The lowest BCUT2D eigenvalue weighted by Crippen LogP contribution is -2.04. The number of hydrogen-bond acceptors (Lipinski definition) is 3. The maximum atomic E-state index is 11.6. The van der Waals surface area contributed by atoms with Gasteiger partial charge in [-0.1, -0.05) is 46.0 Å². The standard InChI is InChI=1S/C17H23BrO2S2/c1-3-5-6-7-8-9-11(4-2)13-15-14(12(18)10-21-15)22-16(13)17(19)20/h10-11H,3-9H2,1-2H3,(H,19,20). The van der Waals surface area contributed by atoms with Gasteiger partial charge in [0.25, 0.3) is 0 Å². The molecular formula is C17H23BrO2S2. The van der Waals surface area contributed by atoms with Crippen LogP contribution in [-0.2, 0) is 0 Å². The lowest BCUT2D eigenvalue weighted by Gasteiger charge is -2.15. The Morgan fingerprint density at radius 1 is 1.23 bits per heavy atom. The third-order valence-corrected chi connectivity index (χ3v) is 7.71. The van der Waals surface area contributed by atoms with Gasteiger partial charge in [0.15, 0.2) is 0 Å². The van der Waals surface area contributed by atoms with Gasteiger partial charge in [0.2, 0.25) is 0 Å². The van der Waals surface area contributed by atoms with Crippen LogP contribution < -0.4 is 0 Å².